The SMILES string of the molecule is CCc1ccc(CN2CCc3c(C(=O)N(C)C[C@H](O)CO)csc3C2)nc1. The zero-order valence-electron chi connectivity index (χ0n) is 15.9. The highest BCUT2D eigenvalue weighted by atomic mass is 32.1. The van der Waals surface area contributed by atoms with Crippen molar-refractivity contribution in [2.45, 2.75) is 39.0 Å². The predicted octanol–water partition coefficient (Wildman–Crippen LogP) is 1.69. The smallest absolute Gasteiger partial charge is 0.254 e. The Labute approximate surface area is 164 Å². The van der Waals surface area contributed by atoms with Crippen molar-refractivity contribution in [3.05, 3.63) is 51.0 Å². The van der Waals surface area contributed by atoms with Crippen LogP contribution in [0.3, 0.4) is 0 Å². The topological polar surface area (TPSA) is 76.9 Å². The maximum absolute atomic E-state index is 12.7. The van der Waals surface area contributed by atoms with E-state index in [0.717, 1.165) is 49.3 Å². The van der Waals surface area contributed by atoms with E-state index < -0.39 is 6.10 Å². The van der Waals surface area contributed by atoms with Crippen LogP contribution in [0.15, 0.2) is 23.7 Å². The number of carbonyl (C=O) groups is 1. The molecular formula is C20H27N3O3S. The van der Waals surface area contributed by atoms with Gasteiger partial charge in [0.25, 0.3) is 5.91 Å². The van der Waals surface area contributed by atoms with Crippen molar-refractivity contribution in [3.63, 3.8) is 0 Å². The molecule has 146 valence electrons. The highest BCUT2D eigenvalue weighted by Crippen LogP contribution is 2.30. The lowest BCUT2D eigenvalue weighted by Crippen LogP contribution is -2.36. The number of aryl methyl sites for hydroxylation is 1. The maximum atomic E-state index is 12.7. The van der Waals surface area contributed by atoms with Crippen molar-refractivity contribution in [1.29, 1.82) is 0 Å². The molecule has 0 unspecified atom stereocenters. The van der Waals surface area contributed by atoms with Gasteiger partial charge in [-0.2, -0.15) is 0 Å². The molecule has 0 bridgehead atoms. The van der Waals surface area contributed by atoms with E-state index in [1.807, 2.05) is 11.6 Å². The Kier molecular flexibility index (Phi) is 6.59. The highest BCUT2D eigenvalue weighted by Gasteiger charge is 2.26. The van der Waals surface area contributed by atoms with Crippen LogP contribution in [-0.4, -0.2) is 63.8 Å². The van der Waals surface area contributed by atoms with Crippen LogP contribution in [0.25, 0.3) is 0 Å². The fraction of sp³-hybridized carbons (Fsp3) is 0.500. The normalized spacial score (nSPS) is 15.4. The van der Waals surface area contributed by atoms with E-state index in [1.165, 1.54) is 15.3 Å². The minimum absolute atomic E-state index is 0.0923. The molecule has 3 heterocycles. The van der Waals surface area contributed by atoms with E-state index >= 15 is 0 Å². The van der Waals surface area contributed by atoms with E-state index in [4.69, 9.17) is 5.11 Å². The van der Waals surface area contributed by atoms with Gasteiger partial charge in [-0.15, -0.1) is 11.3 Å². The summed E-state index contributed by atoms with van der Waals surface area (Å²) < 4.78 is 0. The van der Waals surface area contributed by atoms with Gasteiger partial charge in [-0.05, 0) is 30.0 Å². The zero-order chi connectivity index (χ0) is 19.4. The number of pyridine rings is 1. The van der Waals surface area contributed by atoms with Crippen molar-refractivity contribution in [2.75, 3.05) is 26.7 Å². The van der Waals surface area contributed by atoms with E-state index in [1.54, 1.807) is 18.4 Å². The summed E-state index contributed by atoms with van der Waals surface area (Å²) in [5.74, 6) is -0.0923. The van der Waals surface area contributed by atoms with E-state index in [9.17, 15) is 9.90 Å². The Bertz CT molecular complexity index is 775. The quantitative estimate of drug-likeness (QED) is 0.754. The summed E-state index contributed by atoms with van der Waals surface area (Å²) in [6.45, 7) is 4.44. The largest absolute Gasteiger partial charge is 0.394 e. The van der Waals surface area contributed by atoms with Crippen molar-refractivity contribution in [1.82, 2.24) is 14.8 Å². The monoisotopic (exact) mass is 389 g/mol. The third kappa shape index (κ3) is 4.73. The van der Waals surface area contributed by atoms with Crippen LogP contribution >= 0.6 is 11.3 Å². The molecule has 27 heavy (non-hydrogen) atoms. The Morgan fingerprint density at radius 1 is 1.44 bits per heavy atom. The van der Waals surface area contributed by atoms with Gasteiger partial charge >= 0.3 is 0 Å². The fourth-order valence-electron chi connectivity index (χ4n) is 3.35. The van der Waals surface area contributed by atoms with Crippen LogP contribution in [-0.2, 0) is 25.9 Å². The molecular weight excluding hydrogens is 362 g/mol. The van der Waals surface area contributed by atoms with Crippen molar-refractivity contribution in [3.8, 4) is 0 Å². The average molecular weight is 390 g/mol. The number of hydrogen-bond acceptors (Lipinski definition) is 6. The highest BCUT2D eigenvalue weighted by molar-refractivity contribution is 7.10. The minimum Gasteiger partial charge on any atom is -0.394 e. The number of amides is 1. The summed E-state index contributed by atoms with van der Waals surface area (Å²) >= 11 is 1.62. The molecule has 2 aromatic rings. The van der Waals surface area contributed by atoms with Crippen molar-refractivity contribution >= 4 is 17.2 Å². The van der Waals surface area contributed by atoms with Crippen LogP contribution in [0.5, 0.6) is 0 Å². The summed E-state index contributed by atoms with van der Waals surface area (Å²) in [6.07, 6.45) is 2.87. The van der Waals surface area contributed by atoms with Gasteiger partial charge in [-0.25, -0.2) is 0 Å². The van der Waals surface area contributed by atoms with E-state index in [2.05, 4.69) is 28.9 Å². The first-order valence-corrected chi connectivity index (χ1v) is 10.2. The number of nitrogens with zero attached hydrogens (tertiary/aromatic N) is 3. The number of hydrogen-bond donors (Lipinski definition) is 2. The number of thiophene rings is 1. The molecule has 1 atom stereocenters. The second-order valence-corrected chi connectivity index (χ2v) is 8.01. The Hall–Kier alpha value is -1.80. The van der Waals surface area contributed by atoms with Gasteiger partial charge in [0.2, 0.25) is 0 Å². The van der Waals surface area contributed by atoms with E-state index in [0.29, 0.717) is 0 Å². The Morgan fingerprint density at radius 3 is 2.93 bits per heavy atom. The number of fused-ring (bicyclic) bond motifs is 1. The molecule has 1 amide bonds. The lowest BCUT2D eigenvalue weighted by atomic mass is 10.0. The molecule has 3 rings (SSSR count). The second-order valence-electron chi connectivity index (χ2n) is 7.05. The molecule has 0 aromatic carbocycles. The molecule has 0 saturated carbocycles. The van der Waals surface area contributed by atoms with Crippen LogP contribution < -0.4 is 0 Å². The number of aromatic nitrogens is 1. The van der Waals surface area contributed by atoms with Gasteiger partial charge in [0.05, 0.1) is 24.0 Å². The first-order valence-electron chi connectivity index (χ1n) is 9.31. The summed E-state index contributed by atoms with van der Waals surface area (Å²) in [5.41, 5.74) is 4.17. The Morgan fingerprint density at radius 2 is 2.26 bits per heavy atom. The number of aliphatic hydroxyl groups is 2. The molecule has 0 aliphatic carbocycles. The third-order valence-electron chi connectivity index (χ3n) is 4.98. The molecule has 0 fully saturated rings. The summed E-state index contributed by atoms with van der Waals surface area (Å²) in [4.78, 5) is 22.3. The van der Waals surface area contributed by atoms with Crippen LogP contribution in [0.1, 0.15) is 39.0 Å². The lowest BCUT2D eigenvalue weighted by Gasteiger charge is -2.27. The number of likely N-dealkylation sites (N-methyl/N-ethyl adjacent to an activating group) is 1. The molecule has 0 spiro atoms. The number of rotatable bonds is 7. The van der Waals surface area contributed by atoms with Crippen molar-refractivity contribution in [2.24, 2.45) is 0 Å². The van der Waals surface area contributed by atoms with Gasteiger partial charge in [-0.1, -0.05) is 13.0 Å². The molecule has 7 heteroatoms. The molecule has 1 aliphatic heterocycles. The molecule has 0 saturated heterocycles. The minimum atomic E-state index is -0.907. The van der Waals surface area contributed by atoms with Crippen LogP contribution in [0.4, 0.5) is 0 Å². The first-order chi connectivity index (χ1) is 13.0. The average Bonchev–Trinajstić information content (AvgIpc) is 3.11. The maximum Gasteiger partial charge on any atom is 0.254 e. The molecule has 6 nitrogen and oxygen atoms in total. The molecule has 1 aliphatic rings. The summed E-state index contributed by atoms with van der Waals surface area (Å²) in [7, 11) is 1.66. The summed E-state index contributed by atoms with van der Waals surface area (Å²) in [5, 5.41) is 20.5. The molecule has 0 radical (unpaired) electrons. The van der Waals surface area contributed by atoms with Gasteiger partial charge in [0.1, 0.15) is 0 Å². The molecule has 2 N–H and O–H groups in total. The Balaban J connectivity index is 1.64. The van der Waals surface area contributed by atoms with Crippen LogP contribution in [0, 0.1) is 0 Å². The number of carbonyl (C=O) groups excluding carboxylic acids is 1. The first kappa shape index (κ1) is 19.9. The van der Waals surface area contributed by atoms with Crippen molar-refractivity contribution < 1.29 is 15.0 Å². The van der Waals surface area contributed by atoms with Crippen LogP contribution in [0.2, 0.25) is 0 Å². The van der Waals surface area contributed by atoms with Gasteiger partial charge in [-0.3, -0.25) is 14.7 Å². The van der Waals surface area contributed by atoms with Gasteiger partial charge < -0.3 is 15.1 Å². The molecule has 2 aromatic heterocycles. The third-order valence-corrected chi connectivity index (χ3v) is 5.99. The van der Waals surface area contributed by atoms with Gasteiger partial charge in [0, 0.05) is 49.7 Å². The second kappa shape index (κ2) is 8.93. The lowest BCUT2D eigenvalue weighted by molar-refractivity contribution is 0.0519. The zero-order valence-corrected chi connectivity index (χ0v) is 16.7. The summed E-state index contributed by atoms with van der Waals surface area (Å²) in [6, 6.07) is 4.23. The van der Waals surface area contributed by atoms with E-state index in [-0.39, 0.29) is 19.1 Å². The van der Waals surface area contributed by atoms with Gasteiger partial charge in [0.15, 0.2) is 0 Å². The fourth-order valence-corrected chi connectivity index (χ4v) is 4.46. The standard InChI is InChI=1S/C20H27N3O3S/c1-3-14-4-5-15(21-8-14)9-23-7-6-17-18(13-27-19(17)11-23)20(26)22(2)10-16(25)12-24/h4-5,8,13,16,24-25H,3,6-7,9-12H2,1-2H3/t16-/m0/s1. The predicted molar refractivity (Wildman–Crippen MR) is 106 cm³/mol. The number of aliphatic hydroxyl groups excluding tert-OH is 2.